The number of nitrogens with one attached hydrogen (secondary N) is 1. The molecule has 0 aliphatic carbocycles. The quantitative estimate of drug-likeness (QED) is 0.606. The van der Waals surface area contributed by atoms with Crippen LogP contribution in [0.5, 0.6) is 11.5 Å². The molecule has 28 heavy (non-hydrogen) atoms. The van der Waals surface area contributed by atoms with E-state index in [9.17, 15) is 4.79 Å². The lowest BCUT2D eigenvalue weighted by atomic mass is 9.86. The molecular formula is C24H24N2O2. The van der Waals surface area contributed by atoms with Gasteiger partial charge >= 0.3 is 0 Å². The molecule has 1 aromatic heterocycles. The number of aromatic amines is 1. The number of aromatic nitrogens is 1. The number of carbonyl (C=O) groups is 1. The molecule has 142 valence electrons. The fraction of sp³-hybridized carbons (Fsp3) is 0.208. The zero-order chi connectivity index (χ0) is 19.3. The Kier molecular flexibility index (Phi) is 5.29. The lowest BCUT2D eigenvalue weighted by Crippen LogP contribution is -2.40. The molecule has 3 aromatic rings. The first-order valence-electron chi connectivity index (χ1n) is 9.63. The Morgan fingerprint density at radius 2 is 1.75 bits per heavy atom. The van der Waals surface area contributed by atoms with Crippen LogP contribution in [0.3, 0.4) is 0 Å². The minimum absolute atomic E-state index is 0.0187. The number of carbonyl (C=O) groups excluding carboxylic acids is 1. The number of hydrogen-bond donors (Lipinski definition) is 1. The molecule has 2 heterocycles. The largest absolute Gasteiger partial charge is 0.457 e. The van der Waals surface area contributed by atoms with Crippen LogP contribution >= 0.6 is 0 Å². The van der Waals surface area contributed by atoms with Gasteiger partial charge in [0.15, 0.2) is 0 Å². The van der Waals surface area contributed by atoms with Crippen LogP contribution in [-0.4, -0.2) is 22.3 Å². The fourth-order valence-corrected chi connectivity index (χ4v) is 3.92. The predicted octanol–water partition coefficient (Wildman–Crippen LogP) is 5.44. The first-order valence-corrected chi connectivity index (χ1v) is 9.63. The van der Waals surface area contributed by atoms with Crippen molar-refractivity contribution >= 4 is 5.91 Å². The van der Waals surface area contributed by atoms with Crippen molar-refractivity contribution in [3.05, 3.63) is 96.8 Å². The van der Waals surface area contributed by atoms with E-state index in [1.807, 2.05) is 59.8 Å². The highest BCUT2D eigenvalue weighted by molar-refractivity contribution is 5.87. The summed E-state index contributed by atoms with van der Waals surface area (Å²) < 4.78 is 5.88. The van der Waals surface area contributed by atoms with Gasteiger partial charge in [-0.3, -0.25) is 4.79 Å². The van der Waals surface area contributed by atoms with E-state index in [2.05, 4.69) is 29.8 Å². The number of rotatable bonds is 5. The van der Waals surface area contributed by atoms with E-state index in [-0.39, 0.29) is 11.9 Å². The van der Waals surface area contributed by atoms with Gasteiger partial charge in [0, 0.05) is 24.9 Å². The summed E-state index contributed by atoms with van der Waals surface area (Å²) in [5.41, 5.74) is 2.38. The first kappa shape index (κ1) is 18.1. The maximum atomic E-state index is 12.5. The molecule has 0 spiro atoms. The summed E-state index contributed by atoms with van der Waals surface area (Å²) in [6.45, 7) is 4.40. The van der Waals surface area contributed by atoms with Crippen LogP contribution in [0, 0.1) is 0 Å². The van der Waals surface area contributed by atoms with Crippen molar-refractivity contribution in [2.75, 3.05) is 6.54 Å². The molecule has 1 N–H and O–H groups in total. The Balaban J connectivity index is 1.51. The second kappa shape index (κ2) is 8.17. The number of amides is 1. The summed E-state index contributed by atoms with van der Waals surface area (Å²) in [5.74, 6) is 1.94. The van der Waals surface area contributed by atoms with E-state index in [0.29, 0.717) is 12.5 Å². The van der Waals surface area contributed by atoms with Crippen LogP contribution in [0.1, 0.15) is 35.9 Å². The smallest absolute Gasteiger partial charge is 0.246 e. The van der Waals surface area contributed by atoms with Gasteiger partial charge < -0.3 is 14.6 Å². The number of benzene rings is 2. The summed E-state index contributed by atoms with van der Waals surface area (Å²) in [6, 6.07) is 19.9. The highest BCUT2D eigenvalue weighted by atomic mass is 16.5. The predicted molar refractivity (Wildman–Crippen MR) is 110 cm³/mol. The van der Waals surface area contributed by atoms with E-state index < -0.39 is 0 Å². The fourth-order valence-electron chi connectivity index (χ4n) is 3.92. The zero-order valence-electron chi connectivity index (χ0n) is 15.8. The molecule has 4 nitrogen and oxygen atoms in total. The summed E-state index contributed by atoms with van der Waals surface area (Å²) in [5, 5.41) is 0. The van der Waals surface area contributed by atoms with Crippen LogP contribution in [0.15, 0.2) is 85.7 Å². The molecule has 0 radical (unpaired) electrons. The number of piperidine rings is 1. The highest BCUT2D eigenvalue weighted by Gasteiger charge is 2.32. The van der Waals surface area contributed by atoms with E-state index in [1.54, 1.807) is 0 Å². The molecule has 1 aliphatic rings. The average molecular weight is 372 g/mol. The number of H-pyrrole nitrogens is 1. The Hall–Kier alpha value is -3.27. The number of para-hydroxylation sites is 1. The summed E-state index contributed by atoms with van der Waals surface area (Å²) in [7, 11) is 0. The van der Waals surface area contributed by atoms with Gasteiger partial charge in [0.2, 0.25) is 5.91 Å². The van der Waals surface area contributed by atoms with Crippen LogP contribution < -0.4 is 4.74 Å². The maximum Gasteiger partial charge on any atom is 0.246 e. The zero-order valence-corrected chi connectivity index (χ0v) is 15.8. The van der Waals surface area contributed by atoms with E-state index in [4.69, 9.17) is 4.74 Å². The molecule has 4 rings (SSSR count). The molecule has 2 atom stereocenters. The van der Waals surface area contributed by atoms with Crippen molar-refractivity contribution in [1.82, 2.24) is 9.88 Å². The van der Waals surface area contributed by atoms with Gasteiger partial charge in [-0.1, -0.05) is 36.9 Å². The number of hydrogen-bond acceptors (Lipinski definition) is 2. The molecule has 1 fully saturated rings. The van der Waals surface area contributed by atoms with Crippen molar-refractivity contribution in [2.45, 2.75) is 24.8 Å². The molecule has 4 heteroatoms. The topological polar surface area (TPSA) is 45.3 Å². The van der Waals surface area contributed by atoms with Gasteiger partial charge in [0.1, 0.15) is 11.5 Å². The molecular weight excluding hydrogens is 348 g/mol. The lowest BCUT2D eigenvalue weighted by molar-refractivity contribution is -0.130. The van der Waals surface area contributed by atoms with Crippen LogP contribution in [-0.2, 0) is 4.79 Å². The summed E-state index contributed by atoms with van der Waals surface area (Å²) in [4.78, 5) is 17.6. The minimum atomic E-state index is -0.0187. The van der Waals surface area contributed by atoms with Crippen molar-refractivity contribution in [2.24, 2.45) is 0 Å². The van der Waals surface area contributed by atoms with Gasteiger partial charge in [-0.2, -0.15) is 0 Å². The molecule has 1 amide bonds. The highest BCUT2D eigenvalue weighted by Crippen LogP contribution is 2.38. The molecule has 0 saturated carbocycles. The van der Waals surface area contributed by atoms with Crippen LogP contribution in [0.2, 0.25) is 0 Å². The normalized spacial score (nSPS) is 19.2. The molecule has 1 aliphatic heterocycles. The standard InChI is InChI=1S/C24H24N2O2/c1-2-24(27)26-17-20(19-14-15-25-16-19)10-13-23(26)18-8-11-22(12-9-18)28-21-6-4-3-5-7-21/h2-9,11-12,14-16,20,23,25H,1,10,13,17H2/t20-,23?/m0/s1. The van der Waals surface area contributed by atoms with Crippen molar-refractivity contribution in [3.63, 3.8) is 0 Å². The third-order valence-electron chi connectivity index (χ3n) is 5.38. The Bertz CT molecular complexity index is 917. The summed E-state index contributed by atoms with van der Waals surface area (Å²) in [6.07, 6.45) is 7.35. The molecule has 1 saturated heterocycles. The first-order chi connectivity index (χ1) is 13.7. The Morgan fingerprint density at radius 1 is 1.00 bits per heavy atom. The SMILES string of the molecule is C=CC(=O)N1C[C@@H](c2cc[nH]c2)CCC1c1ccc(Oc2ccccc2)cc1. The maximum absolute atomic E-state index is 12.5. The molecule has 1 unspecified atom stereocenters. The Morgan fingerprint density at radius 3 is 2.43 bits per heavy atom. The molecule has 2 aromatic carbocycles. The third-order valence-corrected chi connectivity index (χ3v) is 5.38. The Labute approximate surface area is 165 Å². The van der Waals surface area contributed by atoms with Crippen molar-refractivity contribution in [1.29, 1.82) is 0 Å². The second-order valence-electron chi connectivity index (χ2n) is 7.11. The van der Waals surface area contributed by atoms with Crippen LogP contribution in [0.4, 0.5) is 0 Å². The van der Waals surface area contributed by atoms with E-state index in [1.165, 1.54) is 11.6 Å². The summed E-state index contributed by atoms with van der Waals surface area (Å²) >= 11 is 0. The van der Waals surface area contributed by atoms with Crippen molar-refractivity contribution < 1.29 is 9.53 Å². The van der Waals surface area contributed by atoms with E-state index in [0.717, 1.165) is 29.9 Å². The number of nitrogens with zero attached hydrogens (tertiary/aromatic N) is 1. The van der Waals surface area contributed by atoms with Crippen LogP contribution in [0.25, 0.3) is 0 Å². The van der Waals surface area contributed by atoms with Gasteiger partial charge in [-0.15, -0.1) is 0 Å². The van der Waals surface area contributed by atoms with E-state index >= 15 is 0 Å². The molecule has 0 bridgehead atoms. The third kappa shape index (κ3) is 3.86. The van der Waals surface area contributed by atoms with Gasteiger partial charge in [0.05, 0.1) is 6.04 Å². The van der Waals surface area contributed by atoms with Gasteiger partial charge in [-0.25, -0.2) is 0 Å². The van der Waals surface area contributed by atoms with Crippen molar-refractivity contribution in [3.8, 4) is 11.5 Å². The number of ether oxygens (including phenoxy) is 1. The monoisotopic (exact) mass is 372 g/mol. The average Bonchev–Trinajstić information content (AvgIpc) is 3.29. The lowest BCUT2D eigenvalue weighted by Gasteiger charge is -2.39. The van der Waals surface area contributed by atoms with Gasteiger partial charge in [0.25, 0.3) is 0 Å². The minimum Gasteiger partial charge on any atom is -0.457 e. The number of likely N-dealkylation sites (tertiary alicyclic amines) is 1. The second-order valence-corrected chi connectivity index (χ2v) is 7.11. The van der Waals surface area contributed by atoms with Gasteiger partial charge in [-0.05, 0) is 60.4 Å².